The van der Waals surface area contributed by atoms with E-state index in [1.807, 2.05) is 6.92 Å². The molecular weight excluding hydrogens is 386 g/mol. The minimum atomic E-state index is -0.527. The van der Waals surface area contributed by atoms with Gasteiger partial charge in [0.1, 0.15) is 29.6 Å². The molecule has 1 aliphatic rings. The van der Waals surface area contributed by atoms with Crippen molar-refractivity contribution >= 4 is 17.5 Å². The third-order valence-electron chi connectivity index (χ3n) is 4.90. The van der Waals surface area contributed by atoms with E-state index in [9.17, 15) is 9.90 Å². The summed E-state index contributed by atoms with van der Waals surface area (Å²) >= 11 is 0. The fourth-order valence-corrected chi connectivity index (χ4v) is 3.45. The summed E-state index contributed by atoms with van der Waals surface area (Å²) in [5, 5.41) is 20.0. The zero-order valence-electron chi connectivity index (χ0n) is 16.7. The van der Waals surface area contributed by atoms with Crippen LogP contribution in [0.15, 0.2) is 60.1 Å². The lowest BCUT2D eigenvalue weighted by Crippen LogP contribution is -2.31. The van der Waals surface area contributed by atoms with Gasteiger partial charge in [0.05, 0.1) is 25.5 Å². The second-order valence-corrected chi connectivity index (χ2v) is 6.71. The molecule has 0 spiro atoms. The number of methoxy groups -OCH3 is 2. The van der Waals surface area contributed by atoms with Crippen LogP contribution >= 0.6 is 0 Å². The maximum absolute atomic E-state index is 13.4. The molecule has 30 heavy (non-hydrogen) atoms. The van der Waals surface area contributed by atoms with Gasteiger partial charge in [-0.05, 0) is 36.8 Å². The molecule has 9 heteroatoms. The summed E-state index contributed by atoms with van der Waals surface area (Å²) in [6.45, 7) is 1.81. The van der Waals surface area contributed by atoms with Gasteiger partial charge >= 0.3 is 0 Å². The van der Waals surface area contributed by atoms with E-state index >= 15 is 0 Å². The molecule has 2 aromatic carbocycles. The minimum Gasteiger partial charge on any atom is -0.508 e. The molecule has 1 atom stereocenters. The molecule has 3 aromatic rings. The number of ether oxygens (including phenoxy) is 2. The number of phenols is 1. The molecule has 1 amide bonds. The summed E-state index contributed by atoms with van der Waals surface area (Å²) in [6, 6.07) is 11.3. The zero-order valence-corrected chi connectivity index (χ0v) is 16.7. The number of aromatic nitrogens is 3. The molecule has 0 saturated carbocycles. The average Bonchev–Trinajstić information content (AvgIpc) is 3.21. The molecule has 9 nitrogen and oxygen atoms in total. The number of nitrogens with one attached hydrogen (secondary N) is 2. The van der Waals surface area contributed by atoms with Gasteiger partial charge in [0.2, 0.25) is 5.95 Å². The fourth-order valence-electron chi connectivity index (χ4n) is 3.45. The van der Waals surface area contributed by atoms with Crippen molar-refractivity contribution in [3.8, 4) is 17.2 Å². The molecule has 1 aromatic heterocycles. The SMILES string of the molecule is COc1ccc(OC)c(NC(=O)C2=C(C)Nc3ncnn3[C@H]2c2ccc(O)cc2)c1. The average molecular weight is 407 g/mol. The standard InChI is InChI=1S/C21H21N5O4/c1-12-18(20(28)25-16-10-15(29-2)8-9-17(16)30-3)19(13-4-6-14(27)7-5-13)26-21(24-12)22-11-23-26/h4-11,19,27H,1-3H3,(H,25,28)(H,22,23,24)/t19-/m0/s1. The number of hydrogen-bond acceptors (Lipinski definition) is 7. The van der Waals surface area contributed by atoms with Gasteiger partial charge in [-0.3, -0.25) is 4.79 Å². The van der Waals surface area contributed by atoms with Gasteiger partial charge in [-0.15, -0.1) is 0 Å². The van der Waals surface area contributed by atoms with Crippen LogP contribution < -0.4 is 20.1 Å². The second-order valence-electron chi connectivity index (χ2n) is 6.71. The Kier molecular flexibility index (Phi) is 5.01. The monoisotopic (exact) mass is 407 g/mol. The first-order valence-corrected chi connectivity index (χ1v) is 9.21. The topological polar surface area (TPSA) is 111 Å². The highest BCUT2D eigenvalue weighted by atomic mass is 16.5. The number of benzene rings is 2. The van der Waals surface area contributed by atoms with Crippen molar-refractivity contribution in [1.82, 2.24) is 14.8 Å². The van der Waals surface area contributed by atoms with Crippen LogP contribution in [0.25, 0.3) is 0 Å². The Morgan fingerprint density at radius 3 is 2.63 bits per heavy atom. The number of aromatic hydroxyl groups is 1. The number of carbonyl (C=O) groups is 1. The third kappa shape index (κ3) is 3.41. The third-order valence-corrected chi connectivity index (χ3v) is 4.90. The number of rotatable bonds is 5. The Hall–Kier alpha value is -4.01. The van der Waals surface area contributed by atoms with Crippen LogP contribution in [0.5, 0.6) is 17.2 Å². The van der Waals surface area contributed by atoms with E-state index in [2.05, 4.69) is 20.7 Å². The highest BCUT2D eigenvalue weighted by Gasteiger charge is 2.33. The second kappa shape index (κ2) is 7.78. The summed E-state index contributed by atoms with van der Waals surface area (Å²) in [7, 11) is 3.09. The van der Waals surface area contributed by atoms with E-state index in [4.69, 9.17) is 9.47 Å². The largest absolute Gasteiger partial charge is 0.508 e. The quantitative estimate of drug-likeness (QED) is 0.596. The van der Waals surface area contributed by atoms with Crippen molar-refractivity contribution in [3.05, 3.63) is 65.6 Å². The van der Waals surface area contributed by atoms with E-state index in [0.29, 0.717) is 34.4 Å². The predicted octanol–water partition coefficient (Wildman–Crippen LogP) is 2.93. The van der Waals surface area contributed by atoms with E-state index in [1.54, 1.807) is 54.3 Å². The van der Waals surface area contributed by atoms with Gasteiger partial charge in [0, 0.05) is 11.8 Å². The maximum atomic E-state index is 13.4. The minimum absolute atomic E-state index is 0.138. The first-order valence-electron chi connectivity index (χ1n) is 9.21. The van der Waals surface area contributed by atoms with Crippen LogP contribution in [0.2, 0.25) is 0 Å². The Morgan fingerprint density at radius 2 is 1.93 bits per heavy atom. The summed E-state index contributed by atoms with van der Waals surface area (Å²) in [4.78, 5) is 17.6. The molecule has 0 aliphatic carbocycles. The van der Waals surface area contributed by atoms with Crippen LogP contribution in [0, 0.1) is 0 Å². The lowest BCUT2D eigenvalue weighted by molar-refractivity contribution is -0.113. The van der Waals surface area contributed by atoms with Crippen molar-refractivity contribution in [2.75, 3.05) is 24.9 Å². The van der Waals surface area contributed by atoms with Crippen LogP contribution in [0.3, 0.4) is 0 Å². The highest BCUT2D eigenvalue weighted by molar-refractivity contribution is 6.06. The molecule has 1 aliphatic heterocycles. The van der Waals surface area contributed by atoms with Crippen LogP contribution in [-0.2, 0) is 4.79 Å². The lowest BCUT2D eigenvalue weighted by Gasteiger charge is -2.29. The molecule has 0 unspecified atom stereocenters. The summed E-state index contributed by atoms with van der Waals surface area (Å²) < 4.78 is 12.3. The van der Waals surface area contributed by atoms with Crippen LogP contribution in [-0.4, -0.2) is 40.0 Å². The number of fused-ring (bicyclic) bond motifs is 1. The number of hydrogen-bond donors (Lipinski definition) is 3. The number of phenolic OH excluding ortho intramolecular Hbond substituents is 1. The van der Waals surface area contributed by atoms with E-state index in [1.165, 1.54) is 13.4 Å². The van der Waals surface area contributed by atoms with Crippen molar-refractivity contribution in [2.24, 2.45) is 0 Å². The summed E-state index contributed by atoms with van der Waals surface area (Å²) in [6.07, 6.45) is 1.43. The molecule has 0 bridgehead atoms. The zero-order chi connectivity index (χ0) is 21.3. The number of carbonyl (C=O) groups excluding carboxylic acids is 1. The molecule has 2 heterocycles. The predicted molar refractivity (Wildman–Crippen MR) is 111 cm³/mol. The highest BCUT2D eigenvalue weighted by Crippen LogP contribution is 2.37. The number of amides is 1. The Morgan fingerprint density at radius 1 is 1.17 bits per heavy atom. The molecule has 0 radical (unpaired) electrons. The van der Waals surface area contributed by atoms with Crippen molar-refractivity contribution in [1.29, 1.82) is 0 Å². The molecule has 4 rings (SSSR count). The Balaban J connectivity index is 1.75. The van der Waals surface area contributed by atoms with Crippen molar-refractivity contribution < 1.29 is 19.4 Å². The van der Waals surface area contributed by atoms with Crippen molar-refractivity contribution in [2.45, 2.75) is 13.0 Å². The van der Waals surface area contributed by atoms with Crippen molar-refractivity contribution in [3.63, 3.8) is 0 Å². The van der Waals surface area contributed by atoms with E-state index in [0.717, 1.165) is 5.56 Å². The lowest BCUT2D eigenvalue weighted by atomic mass is 9.95. The van der Waals surface area contributed by atoms with Gasteiger partial charge in [0.15, 0.2) is 0 Å². The smallest absolute Gasteiger partial charge is 0.255 e. The fraction of sp³-hybridized carbons (Fsp3) is 0.190. The molecule has 3 N–H and O–H groups in total. The van der Waals surface area contributed by atoms with Crippen LogP contribution in [0.1, 0.15) is 18.5 Å². The van der Waals surface area contributed by atoms with Crippen LogP contribution in [0.4, 0.5) is 11.6 Å². The van der Waals surface area contributed by atoms with Gasteiger partial charge in [-0.2, -0.15) is 10.1 Å². The molecular formula is C21H21N5O4. The summed E-state index contributed by atoms with van der Waals surface area (Å²) in [5.74, 6) is 1.44. The number of allylic oxidation sites excluding steroid dienone is 1. The van der Waals surface area contributed by atoms with E-state index in [-0.39, 0.29) is 11.7 Å². The Bertz CT molecular complexity index is 1120. The maximum Gasteiger partial charge on any atom is 0.255 e. The molecule has 0 saturated heterocycles. The normalized spacial score (nSPS) is 15.2. The van der Waals surface area contributed by atoms with Gasteiger partial charge in [-0.1, -0.05) is 12.1 Å². The number of anilines is 2. The van der Waals surface area contributed by atoms with Gasteiger partial charge < -0.3 is 25.2 Å². The first-order chi connectivity index (χ1) is 14.5. The summed E-state index contributed by atoms with van der Waals surface area (Å²) in [5.41, 5.74) is 2.37. The first kappa shape index (κ1) is 19.3. The van der Waals surface area contributed by atoms with E-state index < -0.39 is 6.04 Å². The molecule has 154 valence electrons. The molecule has 0 fully saturated rings. The number of nitrogens with zero attached hydrogens (tertiary/aromatic N) is 3. The Labute approximate surface area is 173 Å². The van der Waals surface area contributed by atoms with Gasteiger partial charge in [0.25, 0.3) is 5.91 Å². The van der Waals surface area contributed by atoms with Gasteiger partial charge in [-0.25, -0.2) is 4.68 Å².